The number of nitrogens with one attached hydrogen (secondary N) is 3. The van der Waals surface area contributed by atoms with Crippen LogP contribution in [0.1, 0.15) is 50.2 Å². The molecular formula is C21H34N4O2. The molecular weight excluding hydrogens is 340 g/mol. The smallest absolute Gasteiger partial charge is 0.242 e. The normalized spacial score (nSPS) is 15.3. The molecule has 2 rings (SSSR count). The lowest BCUT2D eigenvalue weighted by atomic mass is 9.95. The molecule has 1 aromatic carbocycles. The van der Waals surface area contributed by atoms with Gasteiger partial charge < -0.3 is 20.7 Å². The van der Waals surface area contributed by atoms with Gasteiger partial charge in [0.05, 0.1) is 7.11 Å². The molecule has 1 amide bonds. The predicted octanol–water partition coefficient (Wildman–Crippen LogP) is 2.55. The molecule has 1 aromatic rings. The first-order chi connectivity index (χ1) is 13.1. The SMILES string of the molecule is CCNC(=NCC(=O)NC1CCCCC1)NCCc1cc(C)ccc1OC. The number of aryl methyl sites for hydroxylation is 1. The van der Waals surface area contributed by atoms with Crippen LogP contribution in [0.4, 0.5) is 0 Å². The third kappa shape index (κ3) is 7.49. The fourth-order valence-corrected chi connectivity index (χ4v) is 3.43. The standard InChI is InChI=1S/C21H34N4O2/c1-4-22-21(24-15-20(26)25-18-8-6-5-7-9-18)23-13-12-17-14-16(2)10-11-19(17)27-3/h10-11,14,18H,4-9,12-13,15H2,1-3H3,(H,25,26)(H2,22,23,24). The topological polar surface area (TPSA) is 74.8 Å². The van der Waals surface area contributed by atoms with E-state index in [-0.39, 0.29) is 12.5 Å². The van der Waals surface area contributed by atoms with E-state index in [9.17, 15) is 4.79 Å². The van der Waals surface area contributed by atoms with Gasteiger partial charge in [0.25, 0.3) is 0 Å². The molecule has 0 spiro atoms. The molecule has 0 aromatic heterocycles. The molecule has 0 unspecified atom stereocenters. The van der Waals surface area contributed by atoms with Crippen molar-refractivity contribution in [1.82, 2.24) is 16.0 Å². The van der Waals surface area contributed by atoms with Crippen LogP contribution in [-0.2, 0) is 11.2 Å². The zero-order valence-electron chi connectivity index (χ0n) is 16.9. The molecule has 1 saturated carbocycles. The van der Waals surface area contributed by atoms with Gasteiger partial charge in [-0.15, -0.1) is 0 Å². The Labute approximate surface area is 163 Å². The van der Waals surface area contributed by atoms with Crippen molar-refractivity contribution in [3.05, 3.63) is 29.3 Å². The van der Waals surface area contributed by atoms with Gasteiger partial charge in [0.15, 0.2) is 5.96 Å². The van der Waals surface area contributed by atoms with E-state index < -0.39 is 0 Å². The summed E-state index contributed by atoms with van der Waals surface area (Å²) in [5.74, 6) is 1.57. The maximum atomic E-state index is 12.1. The lowest BCUT2D eigenvalue weighted by Crippen LogP contribution is -2.41. The first-order valence-electron chi connectivity index (χ1n) is 10.1. The summed E-state index contributed by atoms with van der Waals surface area (Å²) in [6.45, 7) is 5.72. The highest BCUT2D eigenvalue weighted by Crippen LogP contribution is 2.19. The number of hydrogen-bond donors (Lipinski definition) is 3. The van der Waals surface area contributed by atoms with Crippen LogP contribution in [0.25, 0.3) is 0 Å². The summed E-state index contributed by atoms with van der Waals surface area (Å²) in [4.78, 5) is 16.6. The number of hydrogen-bond acceptors (Lipinski definition) is 3. The van der Waals surface area contributed by atoms with Gasteiger partial charge in [-0.25, -0.2) is 4.99 Å². The minimum absolute atomic E-state index is 0.000503. The second kappa shape index (κ2) is 11.5. The number of ether oxygens (including phenoxy) is 1. The van der Waals surface area contributed by atoms with E-state index in [0.29, 0.717) is 12.0 Å². The Balaban J connectivity index is 1.82. The molecule has 1 aliphatic rings. The van der Waals surface area contributed by atoms with Crippen LogP contribution < -0.4 is 20.7 Å². The Kier molecular flexibility index (Phi) is 8.95. The highest BCUT2D eigenvalue weighted by atomic mass is 16.5. The van der Waals surface area contributed by atoms with Crippen LogP contribution in [0.3, 0.4) is 0 Å². The Morgan fingerprint density at radius 1 is 1.22 bits per heavy atom. The summed E-state index contributed by atoms with van der Waals surface area (Å²) in [6.07, 6.45) is 6.70. The van der Waals surface area contributed by atoms with Gasteiger partial charge in [0.2, 0.25) is 5.91 Å². The Hall–Kier alpha value is -2.24. The second-order valence-corrected chi connectivity index (χ2v) is 7.09. The van der Waals surface area contributed by atoms with Crippen LogP contribution in [0.5, 0.6) is 5.75 Å². The van der Waals surface area contributed by atoms with Gasteiger partial charge >= 0.3 is 0 Å². The molecule has 1 fully saturated rings. The number of rotatable bonds is 8. The minimum Gasteiger partial charge on any atom is -0.496 e. The number of carbonyl (C=O) groups is 1. The number of benzene rings is 1. The molecule has 1 aliphatic carbocycles. The number of aliphatic imine (C=N–C) groups is 1. The maximum absolute atomic E-state index is 12.1. The van der Waals surface area contributed by atoms with E-state index in [2.05, 4.69) is 33.9 Å². The van der Waals surface area contributed by atoms with Gasteiger partial charge in [-0.1, -0.05) is 37.0 Å². The third-order valence-corrected chi connectivity index (χ3v) is 4.82. The fourth-order valence-electron chi connectivity index (χ4n) is 3.43. The monoisotopic (exact) mass is 374 g/mol. The molecule has 0 aliphatic heterocycles. The lowest BCUT2D eigenvalue weighted by Gasteiger charge is -2.22. The van der Waals surface area contributed by atoms with Crippen molar-refractivity contribution in [2.45, 2.75) is 58.4 Å². The average molecular weight is 375 g/mol. The van der Waals surface area contributed by atoms with Crippen LogP contribution in [-0.4, -0.2) is 44.7 Å². The Morgan fingerprint density at radius 3 is 2.70 bits per heavy atom. The fraction of sp³-hybridized carbons (Fsp3) is 0.619. The van der Waals surface area contributed by atoms with Gasteiger partial charge in [-0.2, -0.15) is 0 Å². The summed E-state index contributed by atoms with van der Waals surface area (Å²) in [5, 5.41) is 9.60. The molecule has 0 saturated heterocycles. The summed E-state index contributed by atoms with van der Waals surface area (Å²) in [5.41, 5.74) is 2.38. The number of guanidine groups is 1. The lowest BCUT2D eigenvalue weighted by molar-refractivity contribution is -0.120. The molecule has 0 heterocycles. The van der Waals surface area contributed by atoms with Crippen molar-refractivity contribution >= 4 is 11.9 Å². The first-order valence-corrected chi connectivity index (χ1v) is 10.1. The number of carbonyl (C=O) groups excluding carboxylic acids is 1. The molecule has 6 nitrogen and oxygen atoms in total. The summed E-state index contributed by atoms with van der Waals surface area (Å²) in [7, 11) is 1.69. The minimum atomic E-state index is -0.000503. The van der Waals surface area contributed by atoms with E-state index in [1.54, 1.807) is 7.11 Å². The summed E-state index contributed by atoms with van der Waals surface area (Å²) >= 11 is 0. The average Bonchev–Trinajstić information content (AvgIpc) is 2.67. The van der Waals surface area contributed by atoms with Crippen LogP contribution in [0, 0.1) is 6.92 Å². The van der Waals surface area contributed by atoms with Crippen molar-refractivity contribution in [2.24, 2.45) is 4.99 Å². The van der Waals surface area contributed by atoms with Crippen LogP contribution >= 0.6 is 0 Å². The number of amides is 1. The van der Waals surface area contributed by atoms with Gasteiger partial charge in [0.1, 0.15) is 12.3 Å². The molecule has 27 heavy (non-hydrogen) atoms. The highest BCUT2D eigenvalue weighted by molar-refractivity contribution is 5.85. The van der Waals surface area contributed by atoms with E-state index in [0.717, 1.165) is 43.7 Å². The van der Waals surface area contributed by atoms with Crippen molar-refractivity contribution in [2.75, 3.05) is 26.7 Å². The quantitative estimate of drug-likeness (QED) is 0.483. The predicted molar refractivity (Wildman–Crippen MR) is 110 cm³/mol. The Morgan fingerprint density at radius 2 is 2.00 bits per heavy atom. The first kappa shape index (κ1) is 21.1. The van der Waals surface area contributed by atoms with Gasteiger partial charge in [-0.05, 0) is 44.7 Å². The Bertz CT molecular complexity index is 625. The van der Waals surface area contributed by atoms with Crippen molar-refractivity contribution in [1.29, 1.82) is 0 Å². The molecule has 0 radical (unpaired) electrons. The third-order valence-electron chi connectivity index (χ3n) is 4.82. The van der Waals surface area contributed by atoms with E-state index in [1.807, 2.05) is 19.1 Å². The molecule has 0 atom stereocenters. The summed E-state index contributed by atoms with van der Waals surface area (Å²) < 4.78 is 5.43. The van der Waals surface area contributed by atoms with Gasteiger partial charge in [0, 0.05) is 19.1 Å². The summed E-state index contributed by atoms with van der Waals surface area (Å²) in [6, 6.07) is 6.51. The number of nitrogens with zero attached hydrogens (tertiary/aromatic N) is 1. The maximum Gasteiger partial charge on any atom is 0.242 e. The zero-order chi connectivity index (χ0) is 19.5. The second-order valence-electron chi connectivity index (χ2n) is 7.09. The molecule has 6 heteroatoms. The van der Waals surface area contributed by atoms with E-state index >= 15 is 0 Å². The van der Waals surface area contributed by atoms with Crippen molar-refractivity contribution < 1.29 is 9.53 Å². The molecule has 0 bridgehead atoms. The van der Waals surface area contributed by atoms with Crippen LogP contribution in [0.2, 0.25) is 0 Å². The molecule has 3 N–H and O–H groups in total. The number of methoxy groups -OCH3 is 1. The highest BCUT2D eigenvalue weighted by Gasteiger charge is 2.15. The molecule has 150 valence electrons. The van der Waals surface area contributed by atoms with E-state index in [4.69, 9.17) is 4.74 Å². The van der Waals surface area contributed by atoms with Crippen LogP contribution in [0.15, 0.2) is 23.2 Å². The van der Waals surface area contributed by atoms with Crippen molar-refractivity contribution in [3.63, 3.8) is 0 Å². The largest absolute Gasteiger partial charge is 0.496 e. The van der Waals surface area contributed by atoms with Crippen molar-refractivity contribution in [3.8, 4) is 5.75 Å². The van der Waals surface area contributed by atoms with E-state index in [1.165, 1.54) is 24.8 Å². The van der Waals surface area contributed by atoms with Gasteiger partial charge in [-0.3, -0.25) is 4.79 Å². The zero-order valence-corrected chi connectivity index (χ0v) is 16.9.